The van der Waals surface area contributed by atoms with E-state index >= 15 is 0 Å². The van der Waals surface area contributed by atoms with Gasteiger partial charge in [-0.15, -0.1) is 0 Å². The van der Waals surface area contributed by atoms with E-state index in [0.717, 1.165) is 13.0 Å². The second-order valence-electron chi connectivity index (χ2n) is 6.86. The lowest BCUT2D eigenvalue weighted by Gasteiger charge is -2.10. The molecule has 3 amide bonds. The topological polar surface area (TPSA) is 171 Å². The number of nitrogens with zero attached hydrogens (tertiary/aromatic N) is 2. The predicted octanol–water partition coefficient (Wildman–Crippen LogP) is 1.66. The number of carbonyl (C=O) groups excluding carboxylic acids is 2. The molecule has 0 radical (unpaired) electrons. The molecule has 0 spiro atoms. The Bertz CT molecular complexity index is 1030. The van der Waals surface area contributed by atoms with Crippen LogP contribution < -0.4 is 27.0 Å². The van der Waals surface area contributed by atoms with E-state index in [0.29, 0.717) is 48.0 Å². The standard InChI is InChI=1S/C22H27N7O4/c1-2-11-25-20-16(6-4-3-5-12-24-18(30)14-27-22(32)33)13-26-21(29-20)28-17-9-7-15(8-10-17)19(23)31/h7-10,13,27H,2-3,5,11-12,14H2,1H3,(H2,23,31)(H,24,30)(H,32,33)(H2,25,26,28,29). The SMILES string of the molecule is CCCNc1nc(Nc2ccc(C(N)=O)cc2)ncc1C#CCCCNC(=O)CNC(=O)O. The molecule has 0 atom stereocenters. The van der Waals surface area contributed by atoms with Gasteiger partial charge >= 0.3 is 6.09 Å². The number of aromatic nitrogens is 2. The van der Waals surface area contributed by atoms with Crippen LogP contribution in [0.25, 0.3) is 0 Å². The van der Waals surface area contributed by atoms with Gasteiger partial charge in [0, 0.05) is 30.8 Å². The minimum Gasteiger partial charge on any atom is -0.465 e. The average molecular weight is 454 g/mol. The number of nitrogens with one attached hydrogen (secondary N) is 4. The van der Waals surface area contributed by atoms with Crippen molar-refractivity contribution in [2.45, 2.75) is 26.2 Å². The van der Waals surface area contributed by atoms with Crippen LogP contribution in [0, 0.1) is 11.8 Å². The molecule has 0 aliphatic heterocycles. The molecule has 2 rings (SSSR count). The van der Waals surface area contributed by atoms with E-state index in [1.807, 2.05) is 12.2 Å². The number of anilines is 3. The molecule has 0 saturated heterocycles. The molecule has 0 aliphatic carbocycles. The van der Waals surface area contributed by atoms with Crippen molar-refractivity contribution in [1.82, 2.24) is 20.6 Å². The van der Waals surface area contributed by atoms with Crippen LogP contribution in [-0.4, -0.2) is 52.6 Å². The third kappa shape index (κ3) is 9.14. The van der Waals surface area contributed by atoms with Crippen molar-refractivity contribution < 1.29 is 19.5 Å². The minimum absolute atomic E-state index is 0.277. The molecular weight excluding hydrogens is 426 g/mol. The number of carboxylic acid groups (broad SMARTS) is 1. The molecule has 0 aliphatic rings. The maximum atomic E-state index is 11.4. The number of hydrogen-bond acceptors (Lipinski definition) is 7. The molecule has 11 heteroatoms. The van der Waals surface area contributed by atoms with Crippen molar-refractivity contribution in [1.29, 1.82) is 0 Å². The molecule has 174 valence electrons. The van der Waals surface area contributed by atoms with Crippen LogP contribution in [0.15, 0.2) is 30.5 Å². The maximum Gasteiger partial charge on any atom is 0.405 e. The first-order chi connectivity index (χ1) is 15.9. The van der Waals surface area contributed by atoms with Crippen molar-refractivity contribution in [3.8, 4) is 11.8 Å². The Morgan fingerprint density at radius 1 is 1.12 bits per heavy atom. The highest BCUT2D eigenvalue weighted by molar-refractivity contribution is 5.93. The molecule has 33 heavy (non-hydrogen) atoms. The van der Waals surface area contributed by atoms with Gasteiger partial charge in [0.2, 0.25) is 17.8 Å². The molecule has 7 N–H and O–H groups in total. The van der Waals surface area contributed by atoms with Gasteiger partial charge in [-0.05, 0) is 37.1 Å². The first-order valence-electron chi connectivity index (χ1n) is 10.4. The number of benzene rings is 1. The van der Waals surface area contributed by atoms with Gasteiger partial charge in [-0.25, -0.2) is 9.78 Å². The van der Waals surface area contributed by atoms with E-state index in [9.17, 15) is 14.4 Å². The molecule has 2 aromatic rings. The fourth-order valence-corrected chi connectivity index (χ4v) is 2.54. The van der Waals surface area contributed by atoms with Crippen LogP contribution in [-0.2, 0) is 4.79 Å². The van der Waals surface area contributed by atoms with Crippen LogP contribution in [0.4, 0.5) is 22.2 Å². The van der Waals surface area contributed by atoms with E-state index in [2.05, 4.69) is 37.8 Å². The van der Waals surface area contributed by atoms with Gasteiger partial charge < -0.3 is 32.1 Å². The van der Waals surface area contributed by atoms with Crippen molar-refractivity contribution in [3.05, 3.63) is 41.6 Å². The summed E-state index contributed by atoms with van der Waals surface area (Å²) in [5.41, 5.74) is 7.02. The van der Waals surface area contributed by atoms with Crippen LogP contribution in [0.1, 0.15) is 42.1 Å². The zero-order valence-electron chi connectivity index (χ0n) is 18.3. The number of nitrogens with two attached hydrogens (primary N) is 1. The van der Waals surface area contributed by atoms with Crippen LogP contribution in [0.5, 0.6) is 0 Å². The summed E-state index contributed by atoms with van der Waals surface area (Å²) in [5.74, 6) is 6.17. The Morgan fingerprint density at radius 3 is 2.55 bits per heavy atom. The van der Waals surface area contributed by atoms with Gasteiger partial charge in [0.05, 0.1) is 18.3 Å². The van der Waals surface area contributed by atoms with Gasteiger partial charge in [-0.1, -0.05) is 18.8 Å². The summed E-state index contributed by atoms with van der Waals surface area (Å²) in [6.45, 7) is 2.87. The molecule has 0 saturated carbocycles. The number of primary amides is 1. The van der Waals surface area contributed by atoms with Gasteiger partial charge in [-0.2, -0.15) is 4.98 Å². The second kappa shape index (κ2) is 13.2. The fourth-order valence-electron chi connectivity index (χ4n) is 2.54. The fraction of sp³-hybridized carbons (Fsp3) is 0.318. The monoisotopic (exact) mass is 453 g/mol. The Kier molecular flexibility index (Phi) is 9.94. The van der Waals surface area contributed by atoms with E-state index in [1.54, 1.807) is 30.5 Å². The van der Waals surface area contributed by atoms with Crippen molar-refractivity contribution >= 4 is 35.4 Å². The van der Waals surface area contributed by atoms with Crippen LogP contribution >= 0.6 is 0 Å². The third-order valence-corrected chi connectivity index (χ3v) is 4.18. The molecule has 1 aromatic heterocycles. The van der Waals surface area contributed by atoms with E-state index in [1.165, 1.54) is 0 Å². The minimum atomic E-state index is -1.24. The van der Waals surface area contributed by atoms with Crippen molar-refractivity contribution in [2.24, 2.45) is 5.73 Å². The number of rotatable bonds is 11. The van der Waals surface area contributed by atoms with E-state index < -0.39 is 17.9 Å². The molecule has 0 fully saturated rings. The van der Waals surface area contributed by atoms with Gasteiger partial charge in [0.15, 0.2) is 0 Å². The van der Waals surface area contributed by atoms with Gasteiger partial charge in [0.1, 0.15) is 5.82 Å². The van der Waals surface area contributed by atoms with Gasteiger partial charge in [0.25, 0.3) is 0 Å². The average Bonchev–Trinajstić information content (AvgIpc) is 2.79. The highest BCUT2D eigenvalue weighted by atomic mass is 16.4. The summed E-state index contributed by atoms with van der Waals surface area (Å²) in [7, 11) is 0. The zero-order valence-corrected chi connectivity index (χ0v) is 18.3. The molecule has 11 nitrogen and oxygen atoms in total. The predicted molar refractivity (Wildman–Crippen MR) is 124 cm³/mol. The number of amides is 3. The molecule has 0 unspecified atom stereocenters. The summed E-state index contributed by atoms with van der Waals surface area (Å²) in [5, 5.41) is 19.4. The first-order valence-corrected chi connectivity index (χ1v) is 10.4. The normalized spacial score (nSPS) is 9.85. The lowest BCUT2D eigenvalue weighted by molar-refractivity contribution is -0.120. The van der Waals surface area contributed by atoms with Crippen molar-refractivity contribution in [3.63, 3.8) is 0 Å². The van der Waals surface area contributed by atoms with Crippen LogP contribution in [0.3, 0.4) is 0 Å². The summed E-state index contributed by atoms with van der Waals surface area (Å²) in [4.78, 5) is 41.8. The molecule has 0 bridgehead atoms. The third-order valence-electron chi connectivity index (χ3n) is 4.18. The smallest absolute Gasteiger partial charge is 0.405 e. The Hall–Kier alpha value is -4.33. The largest absolute Gasteiger partial charge is 0.465 e. The highest BCUT2D eigenvalue weighted by Gasteiger charge is 2.07. The summed E-state index contributed by atoms with van der Waals surface area (Å²) in [6.07, 6.45) is 2.44. The van der Waals surface area contributed by atoms with E-state index in [-0.39, 0.29) is 6.54 Å². The van der Waals surface area contributed by atoms with Crippen LogP contribution in [0.2, 0.25) is 0 Å². The zero-order chi connectivity index (χ0) is 24.1. The quantitative estimate of drug-likeness (QED) is 0.220. The first kappa shape index (κ1) is 24.9. The number of unbranched alkanes of at least 4 members (excludes halogenated alkanes) is 1. The molecule has 1 heterocycles. The molecule has 1 aromatic carbocycles. The number of hydrogen-bond donors (Lipinski definition) is 6. The summed E-state index contributed by atoms with van der Waals surface area (Å²) >= 11 is 0. The Morgan fingerprint density at radius 2 is 1.88 bits per heavy atom. The lowest BCUT2D eigenvalue weighted by atomic mass is 10.2. The Balaban J connectivity index is 1.95. The van der Waals surface area contributed by atoms with Gasteiger partial charge in [-0.3, -0.25) is 9.59 Å². The maximum absolute atomic E-state index is 11.4. The lowest BCUT2D eigenvalue weighted by Crippen LogP contribution is -2.36. The highest BCUT2D eigenvalue weighted by Crippen LogP contribution is 2.18. The summed E-state index contributed by atoms with van der Waals surface area (Å²) in [6, 6.07) is 6.66. The second-order valence-corrected chi connectivity index (χ2v) is 6.86. The molecular formula is C22H27N7O4. The number of carbonyl (C=O) groups is 3. The summed E-state index contributed by atoms with van der Waals surface area (Å²) < 4.78 is 0. The van der Waals surface area contributed by atoms with Crippen molar-refractivity contribution in [2.75, 3.05) is 30.3 Å². The van der Waals surface area contributed by atoms with E-state index in [4.69, 9.17) is 10.8 Å². The Labute approximate surface area is 191 Å².